The summed E-state index contributed by atoms with van der Waals surface area (Å²) in [5.41, 5.74) is 5.13. The van der Waals surface area contributed by atoms with Gasteiger partial charge in [0, 0.05) is 16.5 Å². The van der Waals surface area contributed by atoms with Crippen molar-refractivity contribution in [2.75, 3.05) is 5.43 Å². The highest BCUT2D eigenvalue weighted by atomic mass is 79.9. The van der Waals surface area contributed by atoms with Crippen LogP contribution in [0.3, 0.4) is 0 Å². The standard InChI is InChI=1S/C16H12BrN3O2S/c17-12-7-6-11(14(21)15(12)22)8-18-20-16-19-13(9-23-16)10-4-2-1-3-5-10/h1-9,21-22H,(H,19,20). The van der Waals surface area contributed by atoms with E-state index in [-0.39, 0.29) is 11.5 Å². The lowest BCUT2D eigenvalue weighted by Gasteiger charge is -2.03. The summed E-state index contributed by atoms with van der Waals surface area (Å²) in [6, 6.07) is 13.1. The highest BCUT2D eigenvalue weighted by Gasteiger charge is 2.08. The number of anilines is 1. The van der Waals surface area contributed by atoms with Gasteiger partial charge in [0.05, 0.1) is 16.4 Å². The molecule has 0 radical (unpaired) electrons. The number of rotatable bonds is 4. The molecule has 23 heavy (non-hydrogen) atoms. The largest absolute Gasteiger partial charge is 0.504 e. The maximum Gasteiger partial charge on any atom is 0.203 e. The second kappa shape index (κ2) is 6.80. The van der Waals surface area contributed by atoms with Crippen molar-refractivity contribution in [2.45, 2.75) is 0 Å². The van der Waals surface area contributed by atoms with Crippen molar-refractivity contribution in [1.82, 2.24) is 4.98 Å². The topological polar surface area (TPSA) is 77.7 Å². The number of halogens is 1. The quantitative estimate of drug-likeness (QED) is 0.350. The van der Waals surface area contributed by atoms with Gasteiger partial charge in [-0.25, -0.2) is 4.98 Å². The van der Waals surface area contributed by atoms with Gasteiger partial charge in [0.15, 0.2) is 11.5 Å². The van der Waals surface area contributed by atoms with Crippen molar-refractivity contribution in [3.63, 3.8) is 0 Å². The average Bonchev–Trinajstić information content (AvgIpc) is 3.05. The number of hydrogen-bond donors (Lipinski definition) is 3. The van der Waals surface area contributed by atoms with Crippen molar-refractivity contribution in [1.29, 1.82) is 0 Å². The molecule has 0 saturated heterocycles. The first-order valence-electron chi connectivity index (χ1n) is 6.65. The van der Waals surface area contributed by atoms with Crippen molar-refractivity contribution >= 4 is 38.6 Å². The van der Waals surface area contributed by atoms with E-state index >= 15 is 0 Å². The molecule has 116 valence electrons. The molecule has 2 aromatic carbocycles. The van der Waals surface area contributed by atoms with Gasteiger partial charge in [0.25, 0.3) is 0 Å². The van der Waals surface area contributed by atoms with Crippen molar-refractivity contribution in [3.05, 3.63) is 57.9 Å². The van der Waals surface area contributed by atoms with Gasteiger partial charge in [-0.3, -0.25) is 5.43 Å². The van der Waals surface area contributed by atoms with Gasteiger partial charge >= 0.3 is 0 Å². The Bertz CT molecular complexity index is 850. The van der Waals surface area contributed by atoms with E-state index in [1.807, 2.05) is 35.7 Å². The molecule has 0 aliphatic rings. The van der Waals surface area contributed by atoms with Crippen LogP contribution in [0.1, 0.15) is 5.56 Å². The van der Waals surface area contributed by atoms with Gasteiger partial charge in [0.1, 0.15) is 0 Å². The summed E-state index contributed by atoms with van der Waals surface area (Å²) in [7, 11) is 0. The highest BCUT2D eigenvalue weighted by Crippen LogP contribution is 2.35. The highest BCUT2D eigenvalue weighted by molar-refractivity contribution is 9.10. The van der Waals surface area contributed by atoms with Crippen LogP contribution in [0.2, 0.25) is 0 Å². The van der Waals surface area contributed by atoms with Gasteiger partial charge in [-0.1, -0.05) is 30.3 Å². The van der Waals surface area contributed by atoms with E-state index in [1.165, 1.54) is 17.6 Å². The summed E-state index contributed by atoms with van der Waals surface area (Å²) in [6.07, 6.45) is 1.42. The first-order valence-corrected chi connectivity index (χ1v) is 8.33. The van der Waals surface area contributed by atoms with E-state index in [2.05, 4.69) is 31.4 Å². The van der Waals surface area contributed by atoms with Crippen LogP contribution in [0.25, 0.3) is 11.3 Å². The summed E-state index contributed by atoms with van der Waals surface area (Å²) in [6.45, 7) is 0. The fraction of sp³-hybridized carbons (Fsp3) is 0. The van der Waals surface area contributed by atoms with Gasteiger partial charge in [0.2, 0.25) is 5.13 Å². The SMILES string of the molecule is Oc1c(Br)ccc(C=NNc2nc(-c3ccccc3)cs2)c1O. The maximum absolute atomic E-state index is 9.82. The van der Waals surface area contributed by atoms with E-state index < -0.39 is 0 Å². The average molecular weight is 390 g/mol. The third-order valence-corrected chi connectivity index (χ3v) is 4.46. The Morgan fingerprint density at radius 3 is 2.65 bits per heavy atom. The molecule has 0 saturated carbocycles. The lowest BCUT2D eigenvalue weighted by atomic mass is 10.2. The Morgan fingerprint density at radius 2 is 1.87 bits per heavy atom. The number of aromatic hydroxyl groups is 2. The van der Waals surface area contributed by atoms with E-state index in [9.17, 15) is 10.2 Å². The van der Waals surface area contributed by atoms with E-state index in [4.69, 9.17) is 0 Å². The Labute approximate surface area is 145 Å². The summed E-state index contributed by atoms with van der Waals surface area (Å²) in [5.74, 6) is -0.441. The predicted octanol–water partition coefficient (Wildman–Crippen LogP) is 4.43. The van der Waals surface area contributed by atoms with E-state index in [0.717, 1.165) is 11.3 Å². The lowest BCUT2D eigenvalue weighted by molar-refractivity contribution is 0.401. The van der Waals surface area contributed by atoms with Crippen molar-refractivity contribution in [3.8, 4) is 22.8 Å². The molecule has 0 fully saturated rings. The number of hydrazone groups is 1. The second-order valence-corrected chi connectivity index (χ2v) is 6.32. The van der Waals surface area contributed by atoms with Crippen molar-refractivity contribution in [2.24, 2.45) is 5.10 Å². The fourth-order valence-electron chi connectivity index (χ4n) is 1.90. The number of thiazole rings is 1. The Balaban J connectivity index is 1.72. The number of aromatic nitrogens is 1. The number of benzene rings is 2. The minimum atomic E-state index is -0.228. The van der Waals surface area contributed by atoms with Gasteiger partial charge in [-0.2, -0.15) is 5.10 Å². The van der Waals surface area contributed by atoms with Crippen LogP contribution in [0.4, 0.5) is 5.13 Å². The minimum Gasteiger partial charge on any atom is -0.504 e. The molecule has 0 amide bonds. The summed E-state index contributed by atoms with van der Waals surface area (Å²) < 4.78 is 0.424. The number of phenolic OH excluding ortho intramolecular Hbond substituents is 2. The van der Waals surface area contributed by atoms with E-state index in [1.54, 1.807) is 12.1 Å². The molecular weight excluding hydrogens is 378 g/mol. The molecular formula is C16H12BrN3O2S. The van der Waals surface area contributed by atoms with Crippen LogP contribution in [0.5, 0.6) is 11.5 Å². The molecule has 0 aliphatic carbocycles. The third-order valence-electron chi connectivity index (χ3n) is 3.07. The molecule has 7 heteroatoms. The molecule has 0 spiro atoms. The third kappa shape index (κ3) is 3.52. The van der Waals surface area contributed by atoms with Crippen LogP contribution in [0.15, 0.2) is 57.4 Å². The van der Waals surface area contributed by atoms with Crippen LogP contribution in [-0.2, 0) is 0 Å². The monoisotopic (exact) mass is 389 g/mol. The fourth-order valence-corrected chi connectivity index (χ4v) is 2.89. The maximum atomic E-state index is 9.82. The van der Waals surface area contributed by atoms with Crippen LogP contribution in [0, 0.1) is 0 Å². The number of nitrogens with one attached hydrogen (secondary N) is 1. The summed E-state index contributed by atoms with van der Waals surface area (Å²) in [5, 5.41) is 26.1. The zero-order valence-corrected chi connectivity index (χ0v) is 14.2. The minimum absolute atomic E-state index is 0.213. The van der Waals surface area contributed by atoms with Gasteiger partial charge in [-0.05, 0) is 28.1 Å². The molecule has 3 rings (SSSR count). The normalized spacial score (nSPS) is 11.0. The smallest absolute Gasteiger partial charge is 0.203 e. The molecule has 0 atom stereocenters. The Hall–Kier alpha value is -2.38. The molecule has 3 N–H and O–H groups in total. The summed E-state index contributed by atoms with van der Waals surface area (Å²) >= 11 is 4.57. The molecule has 1 aromatic heterocycles. The number of nitrogens with zero attached hydrogens (tertiary/aromatic N) is 2. The molecule has 0 unspecified atom stereocenters. The number of hydrogen-bond acceptors (Lipinski definition) is 6. The van der Waals surface area contributed by atoms with Crippen molar-refractivity contribution < 1.29 is 10.2 Å². The lowest BCUT2D eigenvalue weighted by Crippen LogP contribution is -1.91. The molecule has 1 heterocycles. The molecule has 3 aromatic rings. The number of phenols is 2. The second-order valence-electron chi connectivity index (χ2n) is 4.61. The van der Waals surface area contributed by atoms with Gasteiger partial charge in [-0.15, -0.1) is 11.3 Å². The first kappa shape index (κ1) is 15.5. The van der Waals surface area contributed by atoms with Crippen LogP contribution >= 0.6 is 27.3 Å². The first-order chi connectivity index (χ1) is 11.1. The molecule has 0 aliphatic heterocycles. The van der Waals surface area contributed by atoms with E-state index in [0.29, 0.717) is 15.2 Å². The predicted molar refractivity (Wildman–Crippen MR) is 96.2 cm³/mol. The van der Waals surface area contributed by atoms with Crippen LogP contribution < -0.4 is 5.43 Å². The zero-order chi connectivity index (χ0) is 16.2. The molecule has 5 nitrogen and oxygen atoms in total. The van der Waals surface area contributed by atoms with Gasteiger partial charge < -0.3 is 10.2 Å². The van der Waals surface area contributed by atoms with Crippen LogP contribution in [-0.4, -0.2) is 21.4 Å². The zero-order valence-electron chi connectivity index (χ0n) is 11.8. The Kier molecular flexibility index (Phi) is 4.59. The molecule has 0 bridgehead atoms. The Morgan fingerprint density at radius 1 is 1.09 bits per heavy atom. The summed E-state index contributed by atoms with van der Waals surface area (Å²) in [4.78, 5) is 4.44.